The molecule has 1 unspecified atom stereocenters. The molecule has 1 aliphatic carbocycles. The number of fused-ring (bicyclic) bond motifs is 6. The zero-order valence-corrected chi connectivity index (χ0v) is 17.2. The summed E-state index contributed by atoms with van der Waals surface area (Å²) in [5.74, 6) is 0. The molecule has 0 N–H and O–H groups in total. The number of pyridine rings is 2. The van der Waals surface area contributed by atoms with Gasteiger partial charge >= 0.3 is 0 Å². The van der Waals surface area contributed by atoms with Crippen LogP contribution < -0.4 is 4.57 Å². The van der Waals surface area contributed by atoms with E-state index in [4.69, 9.17) is 13.5 Å². The van der Waals surface area contributed by atoms with Crippen LogP contribution in [0.1, 0.15) is 34.6 Å². The van der Waals surface area contributed by atoms with Crippen molar-refractivity contribution in [3.63, 3.8) is 0 Å². The molecule has 0 bridgehead atoms. The van der Waals surface area contributed by atoms with Crippen LogP contribution in [0.5, 0.6) is 0 Å². The lowest BCUT2D eigenvalue weighted by molar-refractivity contribution is -0.660. The van der Waals surface area contributed by atoms with E-state index in [9.17, 15) is 0 Å². The van der Waals surface area contributed by atoms with Gasteiger partial charge in [0.05, 0.1) is 11.3 Å². The molecule has 0 amide bonds. The lowest BCUT2D eigenvalue weighted by Gasteiger charge is -2.20. The minimum absolute atomic E-state index is 0.527. The topological polar surface area (TPSA) is 29.9 Å². The highest BCUT2D eigenvalue weighted by atomic mass is 16.3. The van der Waals surface area contributed by atoms with Gasteiger partial charge in [-0.25, -0.2) is 9.55 Å². The van der Waals surface area contributed by atoms with E-state index in [0.717, 1.165) is 49.9 Å². The third-order valence-corrected chi connectivity index (χ3v) is 6.41. The molecular weight excluding hydrogens is 368 g/mol. The Labute approximate surface area is 179 Å². The largest absolute Gasteiger partial charge is 0.437 e. The number of aryl methyl sites for hydroxylation is 2. The smallest absolute Gasteiger partial charge is 0.227 e. The van der Waals surface area contributed by atoms with Crippen molar-refractivity contribution in [3.8, 4) is 22.5 Å². The zero-order chi connectivity index (χ0) is 23.1. The fourth-order valence-corrected chi connectivity index (χ4v) is 4.82. The van der Waals surface area contributed by atoms with E-state index in [1.807, 2.05) is 61.8 Å². The van der Waals surface area contributed by atoms with Crippen LogP contribution in [-0.4, -0.2) is 4.98 Å². The molecule has 6 rings (SSSR count). The Morgan fingerprint density at radius 3 is 2.67 bits per heavy atom. The lowest BCUT2D eigenvalue weighted by Crippen LogP contribution is -2.30. The summed E-state index contributed by atoms with van der Waals surface area (Å²) in [4.78, 5) is 4.91. The van der Waals surface area contributed by atoms with Crippen LogP contribution in [-0.2, 0) is 12.5 Å². The van der Waals surface area contributed by atoms with Gasteiger partial charge in [0.15, 0.2) is 11.8 Å². The van der Waals surface area contributed by atoms with E-state index in [0.29, 0.717) is 11.4 Å². The molecule has 2 aromatic carbocycles. The fourth-order valence-electron chi connectivity index (χ4n) is 4.82. The summed E-state index contributed by atoms with van der Waals surface area (Å²) in [7, 11) is 2.02. The van der Waals surface area contributed by atoms with E-state index in [1.54, 1.807) is 6.92 Å². The minimum Gasteiger partial charge on any atom is -0.437 e. The molecule has 0 radical (unpaired) electrons. The summed E-state index contributed by atoms with van der Waals surface area (Å²) in [6, 6.07) is 19.9. The van der Waals surface area contributed by atoms with Crippen LogP contribution in [0.15, 0.2) is 71.3 Å². The summed E-state index contributed by atoms with van der Waals surface area (Å²) in [5, 5.41) is 1.78. The average Bonchev–Trinajstić information content (AvgIpc) is 3.27. The van der Waals surface area contributed by atoms with Gasteiger partial charge in [0, 0.05) is 38.0 Å². The van der Waals surface area contributed by atoms with Gasteiger partial charge in [0.1, 0.15) is 7.05 Å². The fraction of sp³-hybridized carbons (Fsp3) is 0.185. The molecule has 0 spiro atoms. The lowest BCUT2D eigenvalue weighted by atomic mass is 9.82. The van der Waals surface area contributed by atoms with Gasteiger partial charge < -0.3 is 4.42 Å². The predicted molar refractivity (Wildman–Crippen MR) is 120 cm³/mol. The molecule has 5 aromatic rings. The highest BCUT2D eigenvalue weighted by Gasteiger charge is 2.37. The monoisotopic (exact) mass is 394 g/mol. The van der Waals surface area contributed by atoms with Crippen LogP contribution >= 0.6 is 0 Å². The quantitative estimate of drug-likeness (QED) is 0.322. The van der Waals surface area contributed by atoms with E-state index in [1.165, 1.54) is 0 Å². The van der Waals surface area contributed by atoms with Crippen molar-refractivity contribution in [2.75, 3.05) is 0 Å². The van der Waals surface area contributed by atoms with Crippen LogP contribution in [0.3, 0.4) is 0 Å². The van der Waals surface area contributed by atoms with Crippen LogP contribution in [0.2, 0.25) is 0 Å². The Balaban J connectivity index is 1.72. The summed E-state index contributed by atoms with van der Waals surface area (Å²) in [6.45, 7) is 1.66. The van der Waals surface area contributed by atoms with Crippen molar-refractivity contribution >= 4 is 22.1 Å². The molecule has 30 heavy (non-hydrogen) atoms. The van der Waals surface area contributed by atoms with Gasteiger partial charge in [-0.2, -0.15) is 0 Å². The maximum Gasteiger partial charge on any atom is 0.227 e. The Hall–Kier alpha value is -3.46. The first-order valence-electron chi connectivity index (χ1n) is 11.6. The molecule has 0 saturated carbocycles. The molecule has 146 valence electrons. The van der Waals surface area contributed by atoms with Crippen molar-refractivity contribution < 1.29 is 13.1 Å². The molecule has 1 aliphatic rings. The number of furan rings is 1. The normalized spacial score (nSPS) is 19.4. The number of hydrogen-bond acceptors (Lipinski definition) is 2. The molecule has 3 heteroatoms. The maximum absolute atomic E-state index is 8.40. The molecule has 3 aromatic heterocycles. The molecule has 0 saturated heterocycles. The number of rotatable bonds is 1. The van der Waals surface area contributed by atoms with Gasteiger partial charge in [-0.1, -0.05) is 50.2 Å². The van der Waals surface area contributed by atoms with Crippen molar-refractivity contribution in [2.24, 2.45) is 7.05 Å². The van der Waals surface area contributed by atoms with Gasteiger partial charge in [-0.05, 0) is 35.7 Å². The first kappa shape index (κ1) is 14.5. The van der Waals surface area contributed by atoms with E-state index < -0.39 is 12.3 Å². The van der Waals surface area contributed by atoms with Crippen molar-refractivity contribution in [3.05, 3.63) is 83.6 Å². The van der Waals surface area contributed by atoms with Crippen LogP contribution in [0, 0.1) is 6.92 Å². The second-order valence-electron chi connectivity index (χ2n) is 8.34. The third-order valence-electron chi connectivity index (χ3n) is 6.41. The molecule has 3 heterocycles. The maximum atomic E-state index is 8.40. The van der Waals surface area contributed by atoms with Crippen LogP contribution in [0.4, 0.5) is 0 Å². The van der Waals surface area contributed by atoms with E-state index >= 15 is 0 Å². The zero-order valence-electron chi connectivity index (χ0n) is 20.2. The van der Waals surface area contributed by atoms with Gasteiger partial charge in [0.2, 0.25) is 11.4 Å². The van der Waals surface area contributed by atoms with E-state index in [2.05, 4.69) is 23.6 Å². The molecule has 0 fully saturated rings. The third kappa shape index (κ3) is 2.15. The molecular formula is C27H23N2O+. The summed E-state index contributed by atoms with van der Waals surface area (Å²) >= 11 is 0. The SMILES string of the molecule is [2H]C([2H])([2H])C1(C)c2ccccc2-c2nc3oc4c(-c5cccc[n+]5C)c(C)ccc4c3cc21. The Kier molecular flexibility index (Phi) is 2.80. The second-order valence-corrected chi connectivity index (χ2v) is 8.34. The Morgan fingerprint density at radius 1 is 1.00 bits per heavy atom. The van der Waals surface area contributed by atoms with Crippen molar-refractivity contribution in [1.29, 1.82) is 0 Å². The standard InChI is InChI=1S/C27H23N2O/c1-16-12-13-17-19-15-21-24(18-9-5-6-10-20(18)27(21,2)3)28-26(19)30-25(17)23(16)22-11-7-8-14-29(22)4/h5-15H,1-4H3/q+1/i2D3. The molecule has 1 atom stereocenters. The van der Waals surface area contributed by atoms with Gasteiger partial charge in [-0.3, -0.25) is 0 Å². The summed E-state index contributed by atoms with van der Waals surface area (Å²) in [6.07, 6.45) is 2.02. The first-order chi connectivity index (χ1) is 15.7. The highest BCUT2D eigenvalue weighted by molar-refractivity contribution is 6.09. The van der Waals surface area contributed by atoms with Crippen molar-refractivity contribution in [2.45, 2.75) is 26.1 Å². The molecule has 0 aliphatic heterocycles. The van der Waals surface area contributed by atoms with Gasteiger partial charge in [-0.15, -0.1) is 0 Å². The first-order valence-corrected chi connectivity index (χ1v) is 10.1. The van der Waals surface area contributed by atoms with Crippen LogP contribution in [0.25, 0.3) is 44.6 Å². The van der Waals surface area contributed by atoms with Crippen molar-refractivity contribution in [1.82, 2.24) is 4.98 Å². The van der Waals surface area contributed by atoms with E-state index in [-0.39, 0.29) is 0 Å². The Morgan fingerprint density at radius 2 is 1.83 bits per heavy atom. The number of benzene rings is 2. The minimum atomic E-state index is -2.22. The number of aromatic nitrogens is 2. The Bertz CT molecular complexity index is 1600. The molecule has 3 nitrogen and oxygen atoms in total. The average molecular weight is 395 g/mol. The second kappa shape index (κ2) is 5.79. The summed E-state index contributed by atoms with van der Waals surface area (Å²) in [5.41, 5.74) is 6.40. The predicted octanol–water partition coefficient (Wildman–Crippen LogP) is 6.09. The number of nitrogens with zero attached hydrogens (tertiary/aromatic N) is 2. The number of hydrogen-bond donors (Lipinski definition) is 0. The highest BCUT2D eigenvalue weighted by Crippen LogP contribution is 2.49. The summed E-state index contributed by atoms with van der Waals surface area (Å²) < 4.78 is 33.7. The van der Waals surface area contributed by atoms with Gasteiger partial charge in [0.25, 0.3) is 0 Å².